The van der Waals surface area contributed by atoms with E-state index in [1.165, 1.54) is 5.56 Å². The minimum Gasteiger partial charge on any atom is -0.347 e. The Kier molecular flexibility index (Phi) is 3.66. The lowest BCUT2D eigenvalue weighted by Crippen LogP contribution is -2.15. The van der Waals surface area contributed by atoms with Gasteiger partial charge in [0.2, 0.25) is 0 Å². The van der Waals surface area contributed by atoms with Crippen molar-refractivity contribution in [1.29, 1.82) is 0 Å². The third-order valence-corrected chi connectivity index (χ3v) is 4.66. The second kappa shape index (κ2) is 4.82. The summed E-state index contributed by atoms with van der Waals surface area (Å²) >= 11 is 12.5. The molecule has 0 aliphatic carbocycles. The van der Waals surface area contributed by atoms with Crippen LogP contribution in [0, 0.1) is 0 Å². The fourth-order valence-electron chi connectivity index (χ4n) is 1.19. The molecule has 0 amide bonds. The molecular formula is C9H8BrClN2S2. The Bertz CT molecular complexity index is 454. The first-order chi connectivity index (χ1) is 7.15. The summed E-state index contributed by atoms with van der Waals surface area (Å²) in [5.74, 6) is 0. The van der Waals surface area contributed by atoms with Crippen LogP contribution in [0.4, 0.5) is 5.13 Å². The summed E-state index contributed by atoms with van der Waals surface area (Å²) in [6.45, 7) is 0.853. The van der Waals surface area contributed by atoms with Gasteiger partial charge in [0.05, 0.1) is 3.79 Å². The van der Waals surface area contributed by atoms with Gasteiger partial charge in [-0.3, -0.25) is 0 Å². The van der Waals surface area contributed by atoms with E-state index in [0.29, 0.717) is 5.15 Å². The Hall–Kier alpha value is -0.100. The number of anilines is 1. The van der Waals surface area contributed by atoms with E-state index in [4.69, 9.17) is 11.6 Å². The van der Waals surface area contributed by atoms with E-state index in [9.17, 15) is 0 Å². The van der Waals surface area contributed by atoms with Gasteiger partial charge in [-0.1, -0.05) is 11.6 Å². The van der Waals surface area contributed by atoms with Crippen LogP contribution in [-0.4, -0.2) is 12.0 Å². The van der Waals surface area contributed by atoms with E-state index in [1.54, 1.807) is 22.7 Å². The van der Waals surface area contributed by atoms with Crippen LogP contribution < -0.4 is 4.90 Å². The van der Waals surface area contributed by atoms with Gasteiger partial charge in [-0.05, 0) is 32.9 Å². The Labute approximate surface area is 110 Å². The van der Waals surface area contributed by atoms with Gasteiger partial charge in [-0.2, -0.15) is 0 Å². The molecule has 0 radical (unpaired) electrons. The van der Waals surface area contributed by atoms with E-state index in [0.717, 1.165) is 15.5 Å². The average Bonchev–Trinajstić information content (AvgIpc) is 2.75. The monoisotopic (exact) mass is 322 g/mol. The number of rotatable bonds is 3. The molecule has 15 heavy (non-hydrogen) atoms. The first-order valence-electron chi connectivity index (χ1n) is 4.20. The number of thiazole rings is 1. The molecule has 0 saturated heterocycles. The standard InChI is InChI=1S/C9H8BrClN2S2/c1-13(9-12-8(11)5-15-9)3-6-2-7(10)14-4-6/h2,4-5H,3H2,1H3. The Balaban J connectivity index is 2.06. The molecule has 0 saturated carbocycles. The molecule has 0 aliphatic rings. The highest BCUT2D eigenvalue weighted by Gasteiger charge is 2.07. The number of hydrogen-bond donors (Lipinski definition) is 0. The smallest absolute Gasteiger partial charge is 0.186 e. The Morgan fingerprint density at radius 1 is 1.47 bits per heavy atom. The van der Waals surface area contributed by atoms with Gasteiger partial charge < -0.3 is 4.90 Å². The zero-order valence-corrected chi connectivity index (χ0v) is 11.9. The molecular weight excluding hydrogens is 316 g/mol. The molecule has 2 nitrogen and oxygen atoms in total. The predicted octanol–water partition coefficient (Wildman–Crippen LogP) is 4.26. The van der Waals surface area contributed by atoms with Crippen LogP contribution in [0.25, 0.3) is 0 Å². The molecule has 0 unspecified atom stereocenters. The third kappa shape index (κ3) is 2.93. The molecule has 2 heterocycles. The summed E-state index contributed by atoms with van der Waals surface area (Å²) in [7, 11) is 2.01. The predicted molar refractivity (Wildman–Crippen MR) is 71.3 cm³/mol. The van der Waals surface area contributed by atoms with Crippen molar-refractivity contribution in [2.45, 2.75) is 6.54 Å². The van der Waals surface area contributed by atoms with Crippen LogP contribution in [0.15, 0.2) is 20.6 Å². The Morgan fingerprint density at radius 2 is 2.27 bits per heavy atom. The van der Waals surface area contributed by atoms with Crippen LogP contribution >= 0.6 is 50.2 Å². The van der Waals surface area contributed by atoms with Crippen LogP contribution in [0.5, 0.6) is 0 Å². The highest BCUT2D eigenvalue weighted by Crippen LogP contribution is 2.26. The SMILES string of the molecule is CN(Cc1csc(Br)c1)c1nc(Cl)cs1. The summed E-state index contributed by atoms with van der Waals surface area (Å²) in [6, 6.07) is 2.12. The van der Waals surface area contributed by atoms with Crippen molar-refractivity contribution in [3.05, 3.63) is 31.3 Å². The van der Waals surface area contributed by atoms with Crippen LogP contribution in [0.1, 0.15) is 5.56 Å². The van der Waals surface area contributed by atoms with E-state index in [-0.39, 0.29) is 0 Å². The van der Waals surface area contributed by atoms with Gasteiger partial charge in [-0.25, -0.2) is 4.98 Å². The van der Waals surface area contributed by atoms with E-state index in [1.807, 2.05) is 12.4 Å². The molecule has 2 aromatic heterocycles. The number of halogens is 2. The number of thiophene rings is 1. The fraction of sp³-hybridized carbons (Fsp3) is 0.222. The van der Waals surface area contributed by atoms with Crippen molar-refractivity contribution in [1.82, 2.24) is 4.98 Å². The topological polar surface area (TPSA) is 16.1 Å². The summed E-state index contributed by atoms with van der Waals surface area (Å²) in [5.41, 5.74) is 1.28. The van der Waals surface area contributed by atoms with Gasteiger partial charge >= 0.3 is 0 Å². The largest absolute Gasteiger partial charge is 0.347 e. The maximum Gasteiger partial charge on any atom is 0.186 e. The lowest BCUT2D eigenvalue weighted by atomic mass is 10.3. The average molecular weight is 324 g/mol. The molecule has 0 aromatic carbocycles. The van der Waals surface area contributed by atoms with Gasteiger partial charge in [0.25, 0.3) is 0 Å². The first kappa shape index (κ1) is 11.4. The van der Waals surface area contributed by atoms with Crippen molar-refractivity contribution in [3.63, 3.8) is 0 Å². The number of aromatic nitrogens is 1. The Morgan fingerprint density at radius 3 is 2.80 bits per heavy atom. The summed E-state index contributed by atoms with van der Waals surface area (Å²) in [6.07, 6.45) is 0. The lowest BCUT2D eigenvalue weighted by Gasteiger charge is -2.14. The van der Waals surface area contributed by atoms with E-state index >= 15 is 0 Å². The minimum atomic E-state index is 0.563. The van der Waals surface area contributed by atoms with E-state index in [2.05, 4.69) is 37.3 Å². The second-order valence-electron chi connectivity index (χ2n) is 3.07. The molecule has 0 bridgehead atoms. The molecule has 0 N–H and O–H groups in total. The maximum atomic E-state index is 5.78. The zero-order valence-electron chi connectivity index (χ0n) is 7.91. The van der Waals surface area contributed by atoms with Crippen molar-refractivity contribution >= 4 is 55.3 Å². The fourth-order valence-corrected chi connectivity index (χ4v) is 3.31. The molecule has 2 aromatic rings. The summed E-state index contributed by atoms with van der Waals surface area (Å²) < 4.78 is 1.16. The zero-order chi connectivity index (χ0) is 10.8. The molecule has 2 rings (SSSR count). The van der Waals surface area contributed by atoms with Crippen molar-refractivity contribution in [2.24, 2.45) is 0 Å². The number of nitrogens with zero attached hydrogens (tertiary/aromatic N) is 2. The lowest BCUT2D eigenvalue weighted by molar-refractivity contribution is 0.919. The summed E-state index contributed by atoms with van der Waals surface area (Å²) in [4.78, 5) is 6.30. The van der Waals surface area contributed by atoms with Crippen molar-refractivity contribution in [2.75, 3.05) is 11.9 Å². The highest BCUT2D eigenvalue weighted by atomic mass is 79.9. The normalized spacial score (nSPS) is 10.6. The molecule has 0 spiro atoms. The quantitative estimate of drug-likeness (QED) is 0.839. The van der Waals surface area contributed by atoms with Gasteiger partial charge in [0.15, 0.2) is 5.13 Å². The van der Waals surface area contributed by atoms with Gasteiger partial charge in [-0.15, -0.1) is 22.7 Å². The first-order valence-corrected chi connectivity index (χ1v) is 7.13. The molecule has 6 heteroatoms. The number of hydrogen-bond acceptors (Lipinski definition) is 4. The van der Waals surface area contributed by atoms with Crippen LogP contribution in [0.3, 0.4) is 0 Å². The molecule has 0 fully saturated rings. The van der Waals surface area contributed by atoms with Crippen LogP contribution in [-0.2, 0) is 6.54 Å². The molecule has 0 atom stereocenters. The van der Waals surface area contributed by atoms with Gasteiger partial charge in [0, 0.05) is 19.0 Å². The highest BCUT2D eigenvalue weighted by molar-refractivity contribution is 9.11. The van der Waals surface area contributed by atoms with Crippen molar-refractivity contribution < 1.29 is 0 Å². The maximum absolute atomic E-state index is 5.78. The van der Waals surface area contributed by atoms with E-state index < -0.39 is 0 Å². The third-order valence-electron chi connectivity index (χ3n) is 1.83. The van der Waals surface area contributed by atoms with Crippen molar-refractivity contribution in [3.8, 4) is 0 Å². The molecule has 80 valence electrons. The minimum absolute atomic E-state index is 0.563. The van der Waals surface area contributed by atoms with Crippen LogP contribution in [0.2, 0.25) is 5.15 Å². The summed E-state index contributed by atoms with van der Waals surface area (Å²) in [5, 5.41) is 5.49. The van der Waals surface area contributed by atoms with Gasteiger partial charge in [0.1, 0.15) is 5.15 Å². The second-order valence-corrected chi connectivity index (χ2v) is 6.58. The molecule has 0 aliphatic heterocycles.